The van der Waals surface area contributed by atoms with Crippen molar-refractivity contribution in [1.82, 2.24) is 13.9 Å². The molecule has 2 unspecified atom stereocenters. The molecule has 35 heavy (non-hydrogen) atoms. The third-order valence-corrected chi connectivity index (χ3v) is 8.53. The summed E-state index contributed by atoms with van der Waals surface area (Å²) in [4.78, 5) is 15.2. The molecule has 0 spiro atoms. The Morgan fingerprint density at radius 2 is 1.83 bits per heavy atom. The van der Waals surface area contributed by atoms with E-state index in [4.69, 9.17) is 4.74 Å². The maximum absolute atomic E-state index is 14.9. The maximum Gasteiger partial charge on any atom is 0.304 e. The number of ether oxygens (including phenoxy) is 1. The van der Waals surface area contributed by atoms with Gasteiger partial charge in [0.05, 0.1) is 5.56 Å². The first-order chi connectivity index (χ1) is 16.8. The predicted octanol–water partition coefficient (Wildman–Crippen LogP) is 3.54. The molecule has 9 heteroatoms. The molecule has 0 radical (unpaired) electrons. The maximum atomic E-state index is 14.9. The third-order valence-electron chi connectivity index (χ3n) is 7.04. The number of carbonyl (C=O) groups is 1. The van der Waals surface area contributed by atoms with Crippen LogP contribution in [0.15, 0.2) is 42.5 Å². The fourth-order valence-corrected chi connectivity index (χ4v) is 5.80. The molecular formula is C26H32FN3O4S. The van der Waals surface area contributed by atoms with Crippen LogP contribution < -0.4 is 9.46 Å². The first-order valence-electron chi connectivity index (χ1n) is 12.3. The number of rotatable bonds is 8. The van der Waals surface area contributed by atoms with E-state index >= 15 is 0 Å². The molecular weight excluding hydrogens is 469 g/mol. The van der Waals surface area contributed by atoms with Crippen LogP contribution in [-0.4, -0.2) is 62.0 Å². The second kappa shape index (κ2) is 9.87. The van der Waals surface area contributed by atoms with Crippen molar-refractivity contribution in [2.24, 2.45) is 0 Å². The summed E-state index contributed by atoms with van der Waals surface area (Å²) in [7, 11) is -3.90. The Morgan fingerprint density at radius 1 is 1.09 bits per heavy atom. The summed E-state index contributed by atoms with van der Waals surface area (Å²) in [5.74, 6) is -0.149. The molecule has 1 aliphatic carbocycles. The van der Waals surface area contributed by atoms with Crippen molar-refractivity contribution < 1.29 is 22.3 Å². The van der Waals surface area contributed by atoms with Gasteiger partial charge in [-0.15, -0.1) is 0 Å². The Balaban J connectivity index is 1.33. The van der Waals surface area contributed by atoms with Crippen molar-refractivity contribution >= 4 is 16.1 Å². The first-order valence-corrected chi connectivity index (χ1v) is 13.8. The van der Waals surface area contributed by atoms with Crippen molar-refractivity contribution in [2.75, 3.05) is 26.2 Å². The largest absolute Gasteiger partial charge is 0.485 e. The monoisotopic (exact) mass is 501 g/mol. The van der Waals surface area contributed by atoms with Gasteiger partial charge in [-0.2, -0.15) is 12.7 Å². The minimum atomic E-state index is -3.90. The summed E-state index contributed by atoms with van der Waals surface area (Å²) < 4.78 is 49.4. The van der Waals surface area contributed by atoms with E-state index in [1.54, 1.807) is 12.1 Å². The summed E-state index contributed by atoms with van der Waals surface area (Å²) in [5.41, 5.74) is 3.46. The van der Waals surface area contributed by atoms with E-state index in [-0.39, 0.29) is 11.3 Å². The number of alkyl halides is 1. The van der Waals surface area contributed by atoms with Gasteiger partial charge in [0, 0.05) is 32.7 Å². The molecule has 1 saturated carbocycles. The number of carbonyl (C=O) groups excluding carboxylic acids is 1. The summed E-state index contributed by atoms with van der Waals surface area (Å²) in [6.07, 6.45) is 1.26. The smallest absolute Gasteiger partial charge is 0.304 e. The molecule has 3 aliphatic rings. The van der Waals surface area contributed by atoms with Gasteiger partial charge in [0.25, 0.3) is 5.91 Å². The summed E-state index contributed by atoms with van der Waals surface area (Å²) in [6, 6.07) is 13.6. The van der Waals surface area contributed by atoms with Crippen molar-refractivity contribution in [3.8, 4) is 5.75 Å². The van der Waals surface area contributed by atoms with Crippen molar-refractivity contribution in [2.45, 2.75) is 57.3 Å². The van der Waals surface area contributed by atoms with Crippen LogP contribution in [0.4, 0.5) is 4.39 Å². The van der Waals surface area contributed by atoms with Crippen LogP contribution in [0, 0.1) is 6.92 Å². The zero-order valence-corrected chi connectivity index (χ0v) is 20.8. The van der Waals surface area contributed by atoms with Gasteiger partial charge in [0.15, 0.2) is 0 Å². The van der Waals surface area contributed by atoms with Gasteiger partial charge in [-0.1, -0.05) is 35.9 Å². The number of likely N-dealkylation sites (tertiary alicyclic amines) is 1. The Bertz CT molecular complexity index is 1180. The van der Waals surface area contributed by atoms with Crippen LogP contribution in [0.2, 0.25) is 0 Å². The average molecular weight is 502 g/mol. The quantitative estimate of drug-likeness (QED) is 0.599. The zero-order chi connectivity index (χ0) is 24.6. The highest BCUT2D eigenvalue weighted by Crippen LogP contribution is 2.41. The molecule has 3 fully saturated rings. The third kappa shape index (κ3) is 5.68. The standard InChI is InChI=1S/C26H32FN3O4S/c1-18-3-5-19(6-4-18)16-29-14-11-23(27)25(17-29)34-24-10-9-21(20-7-8-20)15-22(24)26(31)28-35(32,33)30-12-2-13-30/h3-6,9-10,15,20,23,25H,2,7-8,11-14,16-17H2,1H3,(H,28,31). The fraction of sp³-hybridized carbons (Fsp3) is 0.500. The molecule has 2 aliphatic heterocycles. The number of halogens is 1. The highest BCUT2D eigenvalue weighted by Gasteiger charge is 2.34. The summed E-state index contributed by atoms with van der Waals surface area (Å²) >= 11 is 0. The highest BCUT2D eigenvalue weighted by atomic mass is 32.2. The van der Waals surface area contributed by atoms with Gasteiger partial charge in [0.1, 0.15) is 18.0 Å². The molecule has 2 saturated heterocycles. The zero-order valence-electron chi connectivity index (χ0n) is 20.0. The van der Waals surface area contributed by atoms with Crippen molar-refractivity contribution in [3.63, 3.8) is 0 Å². The minimum Gasteiger partial charge on any atom is -0.485 e. The van der Waals surface area contributed by atoms with Crippen molar-refractivity contribution in [1.29, 1.82) is 0 Å². The lowest BCUT2D eigenvalue weighted by Crippen LogP contribution is -2.50. The molecule has 5 rings (SSSR count). The van der Waals surface area contributed by atoms with Gasteiger partial charge >= 0.3 is 10.2 Å². The predicted molar refractivity (Wildman–Crippen MR) is 131 cm³/mol. The number of nitrogens with one attached hydrogen (secondary N) is 1. The van der Waals surface area contributed by atoms with Gasteiger partial charge in [0.2, 0.25) is 0 Å². The molecule has 188 valence electrons. The van der Waals surface area contributed by atoms with E-state index in [2.05, 4.69) is 33.9 Å². The normalized spacial score (nSPS) is 23.5. The SMILES string of the molecule is Cc1ccc(CN2CCC(F)C(Oc3ccc(C4CC4)cc3C(=O)NS(=O)(=O)N3CCC3)C2)cc1. The van der Waals surface area contributed by atoms with Crippen LogP contribution in [0.3, 0.4) is 0 Å². The Hall–Kier alpha value is -2.49. The Kier molecular flexibility index (Phi) is 6.83. The molecule has 1 amide bonds. The van der Waals surface area contributed by atoms with Gasteiger partial charge in [-0.3, -0.25) is 9.69 Å². The molecule has 0 bridgehead atoms. The second-order valence-corrected chi connectivity index (χ2v) is 11.6. The lowest BCUT2D eigenvalue weighted by molar-refractivity contribution is 0.0162. The average Bonchev–Trinajstić information content (AvgIpc) is 3.61. The molecule has 2 aromatic rings. The van der Waals surface area contributed by atoms with Gasteiger partial charge < -0.3 is 4.74 Å². The minimum absolute atomic E-state index is 0.140. The van der Waals surface area contributed by atoms with Gasteiger partial charge in [-0.05, 0) is 61.8 Å². The number of hydrogen-bond acceptors (Lipinski definition) is 5. The van der Waals surface area contributed by atoms with Crippen LogP contribution >= 0.6 is 0 Å². The topological polar surface area (TPSA) is 79.0 Å². The lowest BCUT2D eigenvalue weighted by atomic mass is 10.0. The molecule has 0 aromatic heterocycles. The molecule has 1 N–H and O–H groups in total. The number of hydrogen-bond donors (Lipinski definition) is 1. The Labute approximate surface area is 206 Å². The van der Waals surface area contributed by atoms with E-state index in [1.165, 1.54) is 9.87 Å². The molecule has 7 nitrogen and oxygen atoms in total. The van der Waals surface area contributed by atoms with E-state index in [0.29, 0.717) is 45.1 Å². The number of aryl methyl sites for hydroxylation is 1. The van der Waals surface area contributed by atoms with E-state index < -0.39 is 28.4 Å². The summed E-state index contributed by atoms with van der Waals surface area (Å²) in [6.45, 7) is 4.53. The molecule has 2 heterocycles. The Morgan fingerprint density at radius 3 is 2.49 bits per heavy atom. The molecule has 2 atom stereocenters. The van der Waals surface area contributed by atoms with E-state index in [9.17, 15) is 17.6 Å². The van der Waals surface area contributed by atoms with Gasteiger partial charge in [-0.25, -0.2) is 9.11 Å². The van der Waals surface area contributed by atoms with Crippen molar-refractivity contribution in [3.05, 3.63) is 64.7 Å². The first kappa shape index (κ1) is 24.2. The van der Waals surface area contributed by atoms with E-state index in [1.807, 2.05) is 13.0 Å². The molecule has 2 aromatic carbocycles. The highest BCUT2D eigenvalue weighted by molar-refractivity contribution is 7.87. The van der Waals surface area contributed by atoms with Crippen LogP contribution in [0.25, 0.3) is 0 Å². The van der Waals surface area contributed by atoms with Crippen LogP contribution in [-0.2, 0) is 16.8 Å². The lowest BCUT2D eigenvalue weighted by Gasteiger charge is -2.35. The number of amides is 1. The number of benzene rings is 2. The van der Waals surface area contributed by atoms with Crippen LogP contribution in [0.5, 0.6) is 5.75 Å². The number of piperidine rings is 1. The number of nitrogens with zero attached hydrogens (tertiary/aromatic N) is 2. The summed E-state index contributed by atoms with van der Waals surface area (Å²) in [5, 5.41) is 0. The fourth-order valence-electron chi connectivity index (χ4n) is 4.58. The van der Waals surface area contributed by atoms with E-state index in [0.717, 1.165) is 30.4 Å². The van der Waals surface area contributed by atoms with Crippen LogP contribution in [0.1, 0.15) is 58.6 Å². The second-order valence-electron chi connectivity index (χ2n) is 9.90.